The van der Waals surface area contributed by atoms with Gasteiger partial charge in [0, 0.05) is 0 Å². The first-order chi connectivity index (χ1) is 20.3. The molecule has 1 aliphatic heterocycles. The number of benzene rings is 4. The predicted octanol–water partition coefficient (Wildman–Crippen LogP) is 7.05. The average Bonchev–Trinajstić information content (AvgIpc) is 3.04. The Bertz CT molecular complexity index is 1260. The molecule has 0 N–H and O–H groups in total. The zero-order valence-electron chi connectivity index (χ0n) is 23.4. The van der Waals surface area contributed by atoms with Gasteiger partial charge in [0.2, 0.25) is 0 Å². The molecule has 4 aromatic carbocycles. The molecule has 0 bridgehead atoms. The highest BCUT2D eigenvalue weighted by molar-refractivity contribution is 7.99. The number of thioether (sulfide) groups is 1. The fourth-order valence-electron chi connectivity index (χ4n) is 4.94. The van der Waals surface area contributed by atoms with E-state index in [-0.39, 0.29) is 23.7 Å². The Morgan fingerprint density at radius 3 is 1.34 bits per heavy atom. The van der Waals surface area contributed by atoms with Crippen molar-refractivity contribution in [2.24, 2.45) is 0 Å². The van der Waals surface area contributed by atoms with Gasteiger partial charge in [-0.2, -0.15) is 0 Å². The first-order valence-electron chi connectivity index (χ1n) is 14.1. The summed E-state index contributed by atoms with van der Waals surface area (Å²) in [4.78, 5) is 0. The number of ether oxygens (including phenoxy) is 5. The molecule has 1 aliphatic rings. The topological polar surface area (TPSA) is 46.2 Å². The van der Waals surface area contributed by atoms with Crippen LogP contribution in [0, 0.1) is 0 Å². The Labute approximate surface area is 247 Å². The van der Waals surface area contributed by atoms with Gasteiger partial charge < -0.3 is 23.7 Å². The number of hydrogen-bond acceptors (Lipinski definition) is 6. The fourth-order valence-corrected chi connectivity index (χ4v) is 5.69. The van der Waals surface area contributed by atoms with Crippen LogP contribution in [0.5, 0.6) is 0 Å². The van der Waals surface area contributed by atoms with E-state index in [1.807, 2.05) is 79.1 Å². The first kappa shape index (κ1) is 29.5. The minimum Gasteiger partial charge on any atom is -0.374 e. The van der Waals surface area contributed by atoms with Gasteiger partial charge in [-0.15, -0.1) is 11.8 Å². The van der Waals surface area contributed by atoms with Crippen molar-refractivity contribution in [1.82, 2.24) is 0 Å². The van der Waals surface area contributed by atoms with E-state index >= 15 is 0 Å². The van der Waals surface area contributed by atoms with Crippen molar-refractivity contribution >= 4 is 11.8 Å². The molecule has 0 unspecified atom stereocenters. The summed E-state index contributed by atoms with van der Waals surface area (Å²) in [6.45, 7) is 2.21. The second-order valence-electron chi connectivity index (χ2n) is 10.1. The summed E-state index contributed by atoms with van der Waals surface area (Å²) in [5.41, 5.74) is 4.16. The van der Waals surface area contributed by atoms with Crippen LogP contribution in [0.4, 0.5) is 0 Å². The smallest absolute Gasteiger partial charge is 0.132 e. The Hall–Kier alpha value is -2.97. The molecular weight excluding hydrogens is 532 g/mol. The molecule has 5 nitrogen and oxygen atoms in total. The highest BCUT2D eigenvalue weighted by Gasteiger charge is 2.48. The molecule has 0 aliphatic carbocycles. The van der Waals surface area contributed by atoms with Gasteiger partial charge in [0.1, 0.15) is 29.9 Å². The molecule has 4 aromatic rings. The van der Waals surface area contributed by atoms with Gasteiger partial charge in [0.25, 0.3) is 0 Å². The maximum atomic E-state index is 6.70. The van der Waals surface area contributed by atoms with E-state index < -0.39 is 6.10 Å². The molecule has 0 amide bonds. The van der Waals surface area contributed by atoms with Gasteiger partial charge in [-0.1, -0.05) is 121 Å². The molecule has 5 rings (SSSR count). The molecule has 6 heteroatoms. The third-order valence-electron chi connectivity index (χ3n) is 7.07. The van der Waals surface area contributed by atoms with Crippen LogP contribution in [0.3, 0.4) is 0 Å². The SMILES string of the molecule is CS[C@@H]1O[C@H](COCc2ccccc2)[C@@H](OCc2ccccc2)[C@H](OCc2ccccc2)[C@H]1OCc1ccccc1. The summed E-state index contributed by atoms with van der Waals surface area (Å²) in [7, 11) is 0. The van der Waals surface area contributed by atoms with Crippen LogP contribution in [0.1, 0.15) is 22.3 Å². The van der Waals surface area contributed by atoms with Gasteiger partial charge in [-0.25, -0.2) is 0 Å². The first-order valence-corrected chi connectivity index (χ1v) is 15.4. The van der Waals surface area contributed by atoms with Crippen molar-refractivity contribution in [3.8, 4) is 0 Å². The lowest BCUT2D eigenvalue weighted by Crippen LogP contribution is -2.60. The standard InChI is InChI=1S/C35H38O5S/c1-41-35-34(39-25-30-20-12-5-13-21-30)33(38-24-29-18-10-4-11-19-29)32(37-23-28-16-8-3-9-17-28)31(40-35)26-36-22-27-14-6-2-7-15-27/h2-21,31-35H,22-26H2,1H3/t31-,32-,33+,34-,35+/m1/s1. The van der Waals surface area contributed by atoms with E-state index in [0.717, 1.165) is 22.3 Å². The summed E-state index contributed by atoms with van der Waals surface area (Å²) in [6.07, 6.45) is 0.584. The minimum atomic E-state index is -0.404. The molecule has 1 heterocycles. The van der Waals surface area contributed by atoms with Crippen LogP contribution < -0.4 is 0 Å². The molecule has 1 fully saturated rings. The van der Waals surface area contributed by atoms with Crippen LogP contribution >= 0.6 is 11.8 Å². The van der Waals surface area contributed by atoms with E-state index in [0.29, 0.717) is 33.0 Å². The fraction of sp³-hybridized carbons (Fsp3) is 0.314. The van der Waals surface area contributed by atoms with E-state index in [9.17, 15) is 0 Å². The van der Waals surface area contributed by atoms with Crippen LogP contribution in [0.2, 0.25) is 0 Å². The molecule has 0 spiro atoms. The lowest BCUT2D eigenvalue weighted by atomic mass is 9.98. The third kappa shape index (κ3) is 8.76. The lowest BCUT2D eigenvalue weighted by molar-refractivity contribution is -0.254. The zero-order valence-corrected chi connectivity index (χ0v) is 24.2. The van der Waals surface area contributed by atoms with Crippen molar-refractivity contribution < 1.29 is 23.7 Å². The maximum Gasteiger partial charge on any atom is 0.132 e. The molecule has 1 saturated heterocycles. The highest BCUT2D eigenvalue weighted by atomic mass is 32.2. The van der Waals surface area contributed by atoms with E-state index in [1.165, 1.54) is 0 Å². The van der Waals surface area contributed by atoms with Gasteiger partial charge in [-0.3, -0.25) is 0 Å². The summed E-state index contributed by atoms with van der Waals surface area (Å²) >= 11 is 1.63. The largest absolute Gasteiger partial charge is 0.374 e. The zero-order chi connectivity index (χ0) is 28.1. The average molecular weight is 571 g/mol. The van der Waals surface area contributed by atoms with Crippen LogP contribution in [-0.2, 0) is 50.1 Å². The second-order valence-corrected chi connectivity index (χ2v) is 11.0. The van der Waals surface area contributed by atoms with E-state index in [2.05, 4.69) is 48.5 Å². The van der Waals surface area contributed by atoms with Gasteiger partial charge >= 0.3 is 0 Å². The predicted molar refractivity (Wildman–Crippen MR) is 163 cm³/mol. The van der Waals surface area contributed by atoms with Crippen LogP contribution in [-0.4, -0.2) is 42.7 Å². The molecule has 0 radical (unpaired) electrons. The Kier molecular flexibility index (Phi) is 11.4. The highest BCUT2D eigenvalue weighted by Crippen LogP contribution is 2.34. The van der Waals surface area contributed by atoms with Crippen molar-refractivity contribution in [1.29, 1.82) is 0 Å². The number of rotatable bonds is 14. The molecule has 41 heavy (non-hydrogen) atoms. The minimum absolute atomic E-state index is 0.249. The van der Waals surface area contributed by atoms with Gasteiger partial charge in [0.05, 0.1) is 33.0 Å². The lowest BCUT2D eigenvalue weighted by Gasteiger charge is -2.45. The maximum absolute atomic E-state index is 6.70. The van der Waals surface area contributed by atoms with E-state index in [4.69, 9.17) is 23.7 Å². The second kappa shape index (κ2) is 15.9. The van der Waals surface area contributed by atoms with Gasteiger partial charge in [-0.05, 0) is 28.5 Å². The van der Waals surface area contributed by atoms with Crippen molar-refractivity contribution in [2.45, 2.75) is 56.3 Å². The Morgan fingerprint density at radius 1 is 0.512 bits per heavy atom. The van der Waals surface area contributed by atoms with Gasteiger partial charge in [0.15, 0.2) is 0 Å². The summed E-state index contributed by atoms with van der Waals surface area (Å²) in [5, 5.41) is 0. The summed E-state index contributed by atoms with van der Waals surface area (Å²) < 4.78 is 32.8. The van der Waals surface area contributed by atoms with Crippen molar-refractivity contribution in [3.05, 3.63) is 144 Å². The Morgan fingerprint density at radius 2 is 0.902 bits per heavy atom. The van der Waals surface area contributed by atoms with Crippen LogP contribution in [0.15, 0.2) is 121 Å². The molecule has 5 atom stereocenters. The van der Waals surface area contributed by atoms with Crippen molar-refractivity contribution in [2.75, 3.05) is 12.9 Å². The monoisotopic (exact) mass is 570 g/mol. The molecular formula is C35H38O5S. The quantitative estimate of drug-likeness (QED) is 0.162. The summed E-state index contributed by atoms with van der Waals surface area (Å²) in [5.74, 6) is 0. The number of hydrogen-bond donors (Lipinski definition) is 0. The van der Waals surface area contributed by atoms with Crippen molar-refractivity contribution in [3.63, 3.8) is 0 Å². The molecule has 214 valence electrons. The summed E-state index contributed by atoms with van der Waals surface area (Å²) in [6, 6.07) is 40.8. The third-order valence-corrected chi connectivity index (χ3v) is 7.92. The molecule has 0 aromatic heterocycles. The Balaban J connectivity index is 1.38. The normalized spacial score (nSPS) is 22.4. The van der Waals surface area contributed by atoms with Crippen LogP contribution in [0.25, 0.3) is 0 Å². The molecule has 0 saturated carbocycles. The van der Waals surface area contributed by atoms with E-state index in [1.54, 1.807) is 11.8 Å².